The minimum atomic E-state index is 0.755. The van der Waals surface area contributed by atoms with Crippen LogP contribution in [0.25, 0.3) is 0 Å². The van der Waals surface area contributed by atoms with Crippen molar-refractivity contribution in [3.8, 4) is 0 Å². The Bertz CT molecular complexity index is 236. The van der Waals surface area contributed by atoms with E-state index in [9.17, 15) is 0 Å². The molecule has 0 aromatic rings. The summed E-state index contributed by atoms with van der Waals surface area (Å²) in [4.78, 5) is 2.66. The monoisotopic (exact) mass is 237 g/mol. The predicted molar refractivity (Wildman–Crippen MR) is 75.2 cm³/mol. The minimum Gasteiger partial charge on any atom is -0.301 e. The van der Waals surface area contributed by atoms with Crippen LogP contribution in [0.4, 0.5) is 0 Å². The fourth-order valence-electron chi connectivity index (χ4n) is 3.71. The molecule has 1 saturated carbocycles. The average Bonchev–Trinajstić information content (AvgIpc) is 2.91. The predicted octanol–water partition coefficient (Wildman–Crippen LogP) is 4.32. The van der Waals surface area contributed by atoms with Crippen LogP contribution in [0.3, 0.4) is 0 Å². The highest BCUT2D eigenvalue weighted by atomic mass is 15.2. The maximum Gasteiger partial charge on any atom is 0.00385 e. The molecule has 2 rings (SSSR count). The lowest BCUT2D eigenvalue weighted by atomic mass is 9.88. The third-order valence-corrected chi connectivity index (χ3v) is 5.22. The van der Waals surface area contributed by atoms with Crippen molar-refractivity contribution < 1.29 is 0 Å². The zero-order valence-corrected chi connectivity index (χ0v) is 12.3. The summed E-state index contributed by atoms with van der Waals surface area (Å²) < 4.78 is 0. The third-order valence-electron chi connectivity index (χ3n) is 5.22. The molecular weight excluding hydrogens is 206 g/mol. The van der Waals surface area contributed by atoms with Crippen LogP contribution in [0.2, 0.25) is 0 Å². The van der Waals surface area contributed by atoms with Crippen molar-refractivity contribution in [2.45, 2.75) is 72.3 Å². The van der Waals surface area contributed by atoms with Gasteiger partial charge in [0.1, 0.15) is 0 Å². The highest BCUT2D eigenvalue weighted by molar-refractivity contribution is 5.04. The molecule has 1 heterocycles. The first-order valence-corrected chi connectivity index (χ1v) is 7.77. The third kappa shape index (κ3) is 3.24. The number of hydrogen-bond donors (Lipinski definition) is 0. The molecule has 1 heteroatoms. The second kappa shape index (κ2) is 5.30. The molecule has 2 fully saturated rings. The van der Waals surface area contributed by atoms with Gasteiger partial charge in [0.05, 0.1) is 0 Å². The number of likely N-dealkylation sites (tertiary alicyclic amines) is 1. The maximum absolute atomic E-state index is 2.66. The van der Waals surface area contributed by atoms with Gasteiger partial charge in [0.15, 0.2) is 0 Å². The van der Waals surface area contributed by atoms with Crippen molar-refractivity contribution in [1.82, 2.24) is 4.90 Å². The van der Waals surface area contributed by atoms with Gasteiger partial charge in [-0.2, -0.15) is 0 Å². The van der Waals surface area contributed by atoms with Gasteiger partial charge >= 0.3 is 0 Å². The van der Waals surface area contributed by atoms with Crippen LogP contribution in [0.15, 0.2) is 0 Å². The molecule has 1 atom stereocenters. The van der Waals surface area contributed by atoms with Crippen LogP contribution >= 0.6 is 0 Å². The van der Waals surface area contributed by atoms with Gasteiger partial charge < -0.3 is 4.90 Å². The van der Waals surface area contributed by atoms with Crippen LogP contribution in [-0.2, 0) is 0 Å². The molecule has 2 aliphatic rings. The number of rotatable bonds is 5. The standard InChI is InChI=1S/C16H31N/c1-13(2)6-5-7-15-12-16(15)8-10-17(11-9-16)14(3)4/h13-15H,5-12H2,1-4H3. The highest BCUT2D eigenvalue weighted by Gasteiger charge is 2.53. The van der Waals surface area contributed by atoms with Crippen LogP contribution in [0, 0.1) is 17.3 Å². The van der Waals surface area contributed by atoms with E-state index >= 15 is 0 Å². The molecule has 0 N–H and O–H groups in total. The summed E-state index contributed by atoms with van der Waals surface area (Å²) >= 11 is 0. The Hall–Kier alpha value is -0.0400. The van der Waals surface area contributed by atoms with E-state index in [0.29, 0.717) is 0 Å². The Morgan fingerprint density at radius 1 is 1.12 bits per heavy atom. The van der Waals surface area contributed by atoms with Gasteiger partial charge in [-0.3, -0.25) is 0 Å². The van der Waals surface area contributed by atoms with Crippen LogP contribution in [0.5, 0.6) is 0 Å². The zero-order chi connectivity index (χ0) is 12.5. The topological polar surface area (TPSA) is 3.24 Å². The molecule has 1 spiro atoms. The number of nitrogens with zero attached hydrogens (tertiary/aromatic N) is 1. The molecular formula is C16H31N. The molecule has 0 aromatic heterocycles. The molecule has 1 unspecified atom stereocenters. The van der Waals surface area contributed by atoms with Crippen molar-refractivity contribution >= 4 is 0 Å². The first kappa shape index (κ1) is 13.4. The van der Waals surface area contributed by atoms with E-state index in [2.05, 4.69) is 32.6 Å². The second-order valence-electron chi connectivity index (χ2n) is 7.22. The Balaban J connectivity index is 1.68. The van der Waals surface area contributed by atoms with E-state index in [0.717, 1.165) is 23.3 Å². The molecule has 0 aromatic carbocycles. The summed E-state index contributed by atoms with van der Waals surface area (Å²) in [6, 6.07) is 0.755. The number of piperidine rings is 1. The molecule has 17 heavy (non-hydrogen) atoms. The zero-order valence-electron chi connectivity index (χ0n) is 12.3. The normalized spacial score (nSPS) is 28.2. The van der Waals surface area contributed by atoms with Crippen molar-refractivity contribution in [1.29, 1.82) is 0 Å². The van der Waals surface area contributed by atoms with Crippen molar-refractivity contribution in [3.63, 3.8) is 0 Å². The van der Waals surface area contributed by atoms with Crippen molar-refractivity contribution in [2.24, 2.45) is 17.3 Å². The van der Waals surface area contributed by atoms with Gasteiger partial charge in [0.25, 0.3) is 0 Å². The van der Waals surface area contributed by atoms with Gasteiger partial charge in [-0.25, -0.2) is 0 Å². The maximum atomic E-state index is 2.66. The van der Waals surface area contributed by atoms with Crippen LogP contribution in [0.1, 0.15) is 66.2 Å². The van der Waals surface area contributed by atoms with Gasteiger partial charge in [0, 0.05) is 6.04 Å². The van der Waals surface area contributed by atoms with Gasteiger partial charge in [-0.15, -0.1) is 0 Å². The molecule has 100 valence electrons. The lowest BCUT2D eigenvalue weighted by Gasteiger charge is -2.35. The van der Waals surface area contributed by atoms with E-state index in [1.165, 1.54) is 45.2 Å². The largest absolute Gasteiger partial charge is 0.301 e. The van der Waals surface area contributed by atoms with Gasteiger partial charge in [0.2, 0.25) is 0 Å². The van der Waals surface area contributed by atoms with E-state index in [4.69, 9.17) is 0 Å². The Labute approximate surface area is 108 Å². The molecule has 1 saturated heterocycles. The van der Waals surface area contributed by atoms with Gasteiger partial charge in [-0.05, 0) is 69.9 Å². The lowest BCUT2D eigenvalue weighted by molar-refractivity contribution is 0.131. The summed E-state index contributed by atoms with van der Waals surface area (Å²) in [5.41, 5.74) is 0.808. The lowest BCUT2D eigenvalue weighted by Crippen LogP contribution is -2.39. The molecule has 1 aliphatic heterocycles. The van der Waals surface area contributed by atoms with Crippen molar-refractivity contribution in [2.75, 3.05) is 13.1 Å². The first-order valence-electron chi connectivity index (χ1n) is 7.77. The smallest absolute Gasteiger partial charge is 0.00385 e. The van der Waals surface area contributed by atoms with E-state index in [-0.39, 0.29) is 0 Å². The minimum absolute atomic E-state index is 0.755. The second-order valence-corrected chi connectivity index (χ2v) is 7.22. The number of hydrogen-bond acceptors (Lipinski definition) is 1. The summed E-state index contributed by atoms with van der Waals surface area (Å²) in [5.74, 6) is 1.99. The highest BCUT2D eigenvalue weighted by Crippen LogP contribution is 2.61. The average molecular weight is 237 g/mol. The Morgan fingerprint density at radius 2 is 1.76 bits per heavy atom. The fraction of sp³-hybridized carbons (Fsp3) is 1.00. The summed E-state index contributed by atoms with van der Waals surface area (Å²) in [6.07, 6.45) is 8.94. The van der Waals surface area contributed by atoms with Crippen LogP contribution in [-0.4, -0.2) is 24.0 Å². The molecule has 0 radical (unpaired) electrons. The summed E-state index contributed by atoms with van der Waals surface area (Å²) in [7, 11) is 0. The summed E-state index contributed by atoms with van der Waals surface area (Å²) in [6.45, 7) is 12.1. The SMILES string of the molecule is CC(C)CCCC1CC12CCN(C(C)C)CC2. The molecule has 1 nitrogen and oxygen atoms in total. The molecule has 0 amide bonds. The first-order chi connectivity index (χ1) is 8.03. The molecule has 1 aliphatic carbocycles. The van der Waals surface area contributed by atoms with Crippen LogP contribution < -0.4 is 0 Å². The fourth-order valence-corrected chi connectivity index (χ4v) is 3.71. The Kier molecular flexibility index (Phi) is 4.18. The van der Waals surface area contributed by atoms with E-state index in [1.807, 2.05) is 0 Å². The Morgan fingerprint density at radius 3 is 2.29 bits per heavy atom. The summed E-state index contributed by atoms with van der Waals surface area (Å²) in [5, 5.41) is 0. The van der Waals surface area contributed by atoms with E-state index < -0.39 is 0 Å². The van der Waals surface area contributed by atoms with Crippen molar-refractivity contribution in [3.05, 3.63) is 0 Å². The quantitative estimate of drug-likeness (QED) is 0.688. The molecule has 0 bridgehead atoms. The van der Waals surface area contributed by atoms with Gasteiger partial charge in [-0.1, -0.05) is 26.7 Å². The van der Waals surface area contributed by atoms with E-state index in [1.54, 1.807) is 6.42 Å².